The lowest BCUT2D eigenvalue weighted by Crippen LogP contribution is -2.31. The van der Waals surface area contributed by atoms with Gasteiger partial charge in [0.05, 0.1) is 0 Å². The van der Waals surface area contributed by atoms with Crippen LogP contribution in [0.2, 0.25) is 0 Å². The highest BCUT2D eigenvalue weighted by molar-refractivity contribution is 5.78. The van der Waals surface area contributed by atoms with Gasteiger partial charge in [-0.1, -0.05) is 30.3 Å². The van der Waals surface area contributed by atoms with Crippen molar-refractivity contribution in [2.24, 2.45) is 0 Å². The van der Waals surface area contributed by atoms with Crippen LogP contribution in [-0.4, -0.2) is 17.6 Å². The van der Waals surface area contributed by atoms with Crippen LogP contribution in [0.3, 0.4) is 0 Å². The van der Waals surface area contributed by atoms with Crippen molar-refractivity contribution in [3.8, 4) is 0 Å². The highest BCUT2D eigenvalue weighted by Crippen LogP contribution is 2.19. The lowest BCUT2D eigenvalue weighted by atomic mass is 9.97. The number of benzene rings is 1. The predicted molar refractivity (Wildman–Crippen MR) is 43.6 cm³/mol. The third-order valence-corrected chi connectivity index (χ3v) is 1.71. The number of hydrogen-bond donors (Lipinski definition) is 2. The maximum Gasteiger partial charge on any atom is 0.340 e. The summed E-state index contributed by atoms with van der Waals surface area (Å²) < 4.78 is 13.3. The van der Waals surface area contributed by atoms with E-state index in [4.69, 9.17) is 2.86 Å². The molecular weight excluding hydrogens is 156 g/mol. The first-order chi connectivity index (χ1) is 6.65. The molecule has 0 radical (unpaired) electrons. The van der Waals surface area contributed by atoms with E-state index < -0.39 is 11.6 Å². The van der Waals surface area contributed by atoms with Crippen LogP contribution in [-0.2, 0) is 10.4 Å². The Hall–Kier alpha value is -1.35. The largest absolute Gasteiger partial charge is 0.479 e. The molecular formula is C9H10O3. The Bertz CT molecular complexity index is 315. The van der Waals surface area contributed by atoms with E-state index in [9.17, 15) is 4.79 Å². The van der Waals surface area contributed by atoms with Crippen molar-refractivity contribution in [2.75, 3.05) is 0 Å². The molecule has 0 aromatic heterocycles. The Morgan fingerprint density at radius 1 is 1.50 bits per heavy atom. The summed E-state index contributed by atoms with van der Waals surface area (Å²) >= 11 is 0. The van der Waals surface area contributed by atoms with E-state index in [1.165, 1.54) is 6.92 Å². The summed E-state index contributed by atoms with van der Waals surface area (Å²) in [6.45, 7) is 1.38. The molecule has 3 heteroatoms. The molecule has 0 aliphatic carbocycles. The first-order valence-corrected chi connectivity index (χ1v) is 3.52. The molecule has 0 aliphatic heterocycles. The van der Waals surface area contributed by atoms with Gasteiger partial charge in [0.15, 0.2) is 5.60 Å². The second-order valence-electron chi connectivity index (χ2n) is 2.69. The molecule has 1 rings (SSSR count). The van der Waals surface area contributed by atoms with E-state index in [-0.39, 0.29) is 0 Å². The fraction of sp³-hybridized carbons (Fsp3) is 0.222. The van der Waals surface area contributed by atoms with E-state index in [1.807, 2.05) is 0 Å². The van der Waals surface area contributed by atoms with Gasteiger partial charge in [-0.25, -0.2) is 4.79 Å². The first-order valence-electron chi connectivity index (χ1n) is 4.34. The molecule has 1 aromatic carbocycles. The lowest BCUT2D eigenvalue weighted by Gasteiger charge is -2.17. The van der Waals surface area contributed by atoms with Crippen molar-refractivity contribution in [3.63, 3.8) is 0 Å². The predicted octanol–water partition coefficient (Wildman–Crippen LogP) is 0.979. The second kappa shape index (κ2) is 2.95. The first kappa shape index (κ1) is 6.20. The Kier molecular flexibility index (Phi) is 1.52. The summed E-state index contributed by atoms with van der Waals surface area (Å²) in [6.07, 6.45) is 0. The van der Waals surface area contributed by atoms with Crippen LogP contribution in [0, 0.1) is 0 Å². The molecule has 0 saturated heterocycles. The zero-order valence-electron chi connectivity index (χ0n) is 8.61. The zero-order valence-corrected chi connectivity index (χ0v) is 6.61. The number of rotatable bonds is 3. The number of carboxylic acid groups (broad SMARTS) is 1. The van der Waals surface area contributed by atoms with Crippen molar-refractivity contribution in [3.05, 3.63) is 35.9 Å². The fourth-order valence-electron chi connectivity index (χ4n) is 0.874. The molecule has 0 unspecified atom stereocenters. The number of carbonyl (C=O) groups is 1. The van der Waals surface area contributed by atoms with E-state index in [2.05, 4.69) is 10.2 Å². The van der Waals surface area contributed by atoms with Gasteiger partial charge in [-0.2, -0.15) is 0 Å². The van der Waals surface area contributed by atoms with E-state index in [1.54, 1.807) is 30.3 Å². The van der Waals surface area contributed by atoms with Gasteiger partial charge in [-0.3, -0.25) is 0 Å². The second-order valence-corrected chi connectivity index (χ2v) is 2.69. The van der Waals surface area contributed by atoms with Gasteiger partial charge in [0, 0.05) is 0 Å². The van der Waals surface area contributed by atoms with Gasteiger partial charge in [-0.05, 0) is 12.5 Å². The highest BCUT2D eigenvalue weighted by Gasteiger charge is 2.31. The Morgan fingerprint density at radius 2 is 2.17 bits per heavy atom. The average Bonchev–Trinajstić information content (AvgIpc) is 2.28. The summed E-state index contributed by atoms with van der Waals surface area (Å²) in [5, 5.41) is 8.16. The summed E-state index contributed by atoms with van der Waals surface area (Å²) in [5.41, 5.74) is -1.06. The van der Waals surface area contributed by atoms with Gasteiger partial charge < -0.3 is 10.2 Å². The minimum atomic E-state index is -1.54. The van der Waals surface area contributed by atoms with E-state index in [0.29, 0.717) is 5.56 Å². The molecule has 0 amide bonds. The molecule has 0 aliphatic rings. The molecule has 1 aromatic rings. The van der Waals surface area contributed by atoms with Crippen LogP contribution < -0.4 is 0 Å². The van der Waals surface area contributed by atoms with Crippen molar-refractivity contribution in [2.45, 2.75) is 12.5 Å². The van der Waals surface area contributed by atoms with Crippen LogP contribution in [0.1, 0.15) is 12.5 Å². The molecule has 0 fully saturated rings. The average molecular weight is 168 g/mol. The molecule has 64 valence electrons. The summed E-state index contributed by atoms with van der Waals surface area (Å²) in [4.78, 5) is 11.2. The van der Waals surface area contributed by atoms with Crippen LogP contribution in [0.15, 0.2) is 30.3 Å². The Balaban J connectivity index is 3.08. The highest BCUT2D eigenvalue weighted by atomic mass is 16.4. The molecule has 2 N–H and O–H groups in total. The van der Waals surface area contributed by atoms with Gasteiger partial charge in [-0.15, -0.1) is 0 Å². The number of hydrogen-bond acceptors (Lipinski definition) is 3. The van der Waals surface area contributed by atoms with E-state index >= 15 is 0 Å². The zero-order chi connectivity index (χ0) is 10.6. The molecule has 3 nitrogen and oxygen atoms in total. The quantitative estimate of drug-likeness (QED) is 0.707. The van der Waals surface area contributed by atoms with Crippen LogP contribution >= 0.6 is 0 Å². The molecule has 0 spiro atoms. The third-order valence-electron chi connectivity index (χ3n) is 1.71. The normalized spacial score (nSPS) is 17.1. The molecule has 0 bridgehead atoms. The van der Waals surface area contributed by atoms with Gasteiger partial charge in [0.2, 0.25) is 1.43 Å². The smallest absolute Gasteiger partial charge is 0.340 e. The van der Waals surface area contributed by atoms with Gasteiger partial charge in [0.25, 0.3) is 1.43 Å². The molecule has 1 atom stereocenters. The summed E-state index contributed by atoms with van der Waals surface area (Å²) in [7, 11) is 0. The standard InChI is InChI=1S/C9H10O3/c1-9(12,8(10)11)7-5-3-2-4-6-7/h2-6,12H,1H3,(H,10,11)/t9-/m0/s1/i12D/hD. The molecule has 0 saturated carbocycles. The maximum atomic E-state index is 11.2. The summed E-state index contributed by atoms with van der Waals surface area (Å²) in [5.74, 6) is -0.918. The van der Waals surface area contributed by atoms with Crippen molar-refractivity contribution in [1.29, 1.82) is 2.86 Å². The topological polar surface area (TPSA) is 57.5 Å². The molecule has 12 heavy (non-hydrogen) atoms. The Morgan fingerprint density at radius 3 is 2.67 bits per heavy atom. The number of aliphatic carboxylic acids is 1. The minimum Gasteiger partial charge on any atom is -0.479 e. The Labute approximate surface area is 73.3 Å². The van der Waals surface area contributed by atoms with Crippen molar-refractivity contribution >= 4 is 5.97 Å². The van der Waals surface area contributed by atoms with E-state index in [0.717, 1.165) is 0 Å². The van der Waals surface area contributed by atoms with Crippen molar-refractivity contribution in [1.82, 2.24) is 0 Å². The van der Waals surface area contributed by atoms with Crippen molar-refractivity contribution < 1.29 is 15.0 Å². The maximum absolute atomic E-state index is 11.2. The SMILES string of the molecule is [2H]OC(=O)[C@@](C)(O[2H])c1ccccc1. The van der Waals surface area contributed by atoms with Gasteiger partial charge >= 0.3 is 5.97 Å². The van der Waals surface area contributed by atoms with Gasteiger partial charge in [0.1, 0.15) is 0 Å². The number of carboxylic acids is 1. The van der Waals surface area contributed by atoms with Crippen LogP contribution in [0.25, 0.3) is 1.43 Å². The third kappa shape index (κ3) is 1.46. The monoisotopic (exact) mass is 168 g/mol. The number of aliphatic hydroxyl groups is 1. The van der Waals surface area contributed by atoms with Crippen LogP contribution in [0.5, 0.6) is 0 Å². The van der Waals surface area contributed by atoms with Crippen LogP contribution in [0.4, 0.5) is 0 Å². The minimum absolute atomic E-state index is 0.479. The lowest BCUT2D eigenvalue weighted by molar-refractivity contribution is -0.157. The fourth-order valence-corrected chi connectivity index (χ4v) is 0.874. The summed E-state index contributed by atoms with van der Waals surface area (Å²) in [6, 6.07) is 8.46. The molecule has 0 heterocycles.